The van der Waals surface area contributed by atoms with Gasteiger partial charge in [0.15, 0.2) is 11.9 Å². The lowest BCUT2D eigenvalue weighted by atomic mass is 9.98. The van der Waals surface area contributed by atoms with Crippen LogP contribution in [0.4, 0.5) is 0 Å². The fourth-order valence-corrected chi connectivity index (χ4v) is 12.8. The Balaban J connectivity index is 1.11. The van der Waals surface area contributed by atoms with E-state index in [4.69, 9.17) is 39.5 Å². The molecule has 8 amide bonds. The number of rotatable bonds is 43. The van der Waals surface area contributed by atoms with Gasteiger partial charge in [-0.05, 0) is 130 Å². The average molecular weight is 1440 g/mol. The lowest BCUT2D eigenvalue weighted by Gasteiger charge is -2.29. The van der Waals surface area contributed by atoms with E-state index in [1.807, 2.05) is 111 Å². The highest BCUT2D eigenvalue weighted by Crippen LogP contribution is 2.25. The van der Waals surface area contributed by atoms with E-state index in [9.17, 15) is 24.3 Å². The zero-order valence-corrected chi connectivity index (χ0v) is 59.3. The van der Waals surface area contributed by atoms with E-state index in [0.717, 1.165) is 43.6 Å². The second-order valence-corrected chi connectivity index (χ2v) is 26.9. The number of hydrogen-bond acceptors (Lipinski definition) is 14. The highest BCUT2D eigenvalue weighted by atomic mass is 16.4. The minimum atomic E-state index is -1.49. The van der Waals surface area contributed by atoms with Gasteiger partial charge in [0.1, 0.15) is 48.3 Å². The zero-order chi connectivity index (χ0) is 75.5. The standard InChI is InChI=1S/C74H101N21O10/c1-42(2)33-59(91-69(101)61(35-44-39-85-53-23-8-4-18-48(44)53)92-66(98)57(27-15-31-82-73(78)79)89-65(97)56(26-12-14-30-76)88-64(96)51(77)21-11-13-29-75)67(99)93-62(36-45-40-86-54-24-9-5-19-49(45)54)70(102)95-63(37-46-41-87-55-25-10-6-20-50(46)55)71(103)94-60(34-43-38-84-52-22-7-3-17-47(43)52)68(100)90-58(72(104)105)28-16-32-83-74(80)81/h3-10,17-20,22-25,38-42,51,56-63,84-87H,11-16,21,26-37,75-77H2,1-2H3,(H,88,96)(H,89,97)(H,90,100)(H,91,101)(H,92,98)(H,93,99)(H,94,103)(H,95,102)(H,104,105)(H4,78,79,82)(H4,80,81,83)/t51-,56-,57-,58-,59-,60-,61-,62-,63-/m0/s1. The number of carboxylic acid groups (broad SMARTS) is 1. The van der Waals surface area contributed by atoms with Gasteiger partial charge in [-0.2, -0.15) is 0 Å². The lowest BCUT2D eigenvalue weighted by molar-refractivity contribution is -0.142. The van der Waals surface area contributed by atoms with E-state index < -0.39 is 108 Å². The molecule has 9 atom stereocenters. The number of aliphatic carboxylic acids is 1. The number of para-hydroxylation sites is 4. The fourth-order valence-electron chi connectivity index (χ4n) is 12.8. The van der Waals surface area contributed by atoms with Crippen LogP contribution in [0, 0.1) is 16.7 Å². The van der Waals surface area contributed by atoms with Crippen LogP contribution in [-0.2, 0) is 68.8 Å². The molecule has 8 rings (SSSR count). The summed E-state index contributed by atoms with van der Waals surface area (Å²) in [5, 5.41) is 56.5. The summed E-state index contributed by atoms with van der Waals surface area (Å²) in [6.07, 6.45) is 9.11. The molecule has 0 saturated carbocycles. The van der Waals surface area contributed by atoms with Crippen molar-refractivity contribution in [3.8, 4) is 0 Å². The maximum Gasteiger partial charge on any atom is 0.326 e. The van der Waals surface area contributed by atoms with Gasteiger partial charge in [0.2, 0.25) is 47.3 Å². The SMILES string of the molecule is CC(C)C[C@H](NC(=O)[C@H](Cc1c[nH]c2ccccc12)NC(=O)[C@H](CCCNC(=N)N)NC(=O)[C@H](CCCCN)NC(=O)[C@@H](N)CCCCN)C(=O)N[C@@H](Cc1c[nH]c2ccccc12)C(=O)N[C@@H](Cc1c[nH]c2ccccc12)C(=O)N[C@@H](Cc1c[nH]c2ccccc12)C(=O)N[C@@H](CCCNC(=N)N)C(=O)O. The first-order valence-electron chi connectivity index (χ1n) is 35.7. The molecule has 0 aliphatic carbocycles. The minimum absolute atomic E-state index is 0.00599. The van der Waals surface area contributed by atoms with Crippen molar-refractivity contribution in [1.82, 2.24) is 73.1 Å². The Morgan fingerprint density at radius 2 is 0.657 bits per heavy atom. The number of guanidine groups is 2. The van der Waals surface area contributed by atoms with E-state index in [-0.39, 0.29) is 95.1 Å². The third-order valence-electron chi connectivity index (χ3n) is 18.4. The topological polar surface area (TPSA) is 535 Å². The van der Waals surface area contributed by atoms with Gasteiger partial charge in [-0.1, -0.05) is 93.1 Å². The van der Waals surface area contributed by atoms with Crippen molar-refractivity contribution in [2.45, 2.75) is 165 Å². The average Bonchev–Trinajstić information content (AvgIpc) is 1.74. The highest BCUT2D eigenvalue weighted by Gasteiger charge is 2.37. The Morgan fingerprint density at radius 1 is 0.381 bits per heavy atom. The fraction of sp³-hybridized carbons (Fsp3) is 0.419. The number of nitrogens with two attached hydrogens (primary N) is 5. The third kappa shape index (κ3) is 23.3. The van der Waals surface area contributed by atoms with Crippen LogP contribution in [0.3, 0.4) is 0 Å². The number of benzene rings is 4. The van der Waals surface area contributed by atoms with Crippen LogP contribution in [0.15, 0.2) is 122 Å². The monoisotopic (exact) mass is 1440 g/mol. The molecular weight excluding hydrogens is 1340 g/mol. The summed E-state index contributed by atoms with van der Waals surface area (Å²) in [5.41, 5.74) is 34.2. The molecule has 562 valence electrons. The van der Waals surface area contributed by atoms with Crippen LogP contribution < -0.4 is 81.8 Å². The largest absolute Gasteiger partial charge is 0.480 e. The van der Waals surface area contributed by atoms with Crippen molar-refractivity contribution in [3.05, 3.63) is 144 Å². The van der Waals surface area contributed by atoms with Gasteiger partial charge >= 0.3 is 5.97 Å². The summed E-state index contributed by atoms with van der Waals surface area (Å²) in [7, 11) is 0. The number of hydrogen-bond donors (Lipinski definition) is 22. The molecule has 31 heteroatoms. The molecule has 31 nitrogen and oxygen atoms in total. The van der Waals surface area contributed by atoms with Gasteiger partial charge in [-0.15, -0.1) is 0 Å². The molecule has 4 aromatic carbocycles. The predicted octanol–water partition coefficient (Wildman–Crippen LogP) is 2.00. The van der Waals surface area contributed by atoms with Gasteiger partial charge in [0, 0.05) is 107 Å². The predicted molar refractivity (Wildman–Crippen MR) is 403 cm³/mol. The summed E-state index contributed by atoms with van der Waals surface area (Å²) in [5.74, 6) is -8.48. The minimum Gasteiger partial charge on any atom is -0.480 e. The second kappa shape index (κ2) is 39.4. The van der Waals surface area contributed by atoms with Gasteiger partial charge in [0.05, 0.1) is 6.04 Å². The molecule has 0 radical (unpaired) electrons. The first-order chi connectivity index (χ1) is 50.5. The Bertz CT molecular complexity index is 4290. The molecule has 0 bridgehead atoms. The molecule has 0 spiro atoms. The number of carboxylic acids is 1. The molecule has 105 heavy (non-hydrogen) atoms. The molecular formula is C74H101N21O10. The van der Waals surface area contributed by atoms with Crippen LogP contribution in [0.1, 0.15) is 107 Å². The maximum atomic E-state index is 15.6. The van der Waals surface area contributed by atoms with E-state index in [1.165, 1.54) is 0 Å². The van der Waals surface area contributed by atoms with E-state index in [1.54, 1.807) is 24.8 Å². The molecule has 0 saturated heterocycles. The summed E-state index contributed by atoms with van der Waals surface area (Å²) in [4.78, 5) is 145. The van der Waals surface area contributed by atoms with Gasteiger partial charge < -0.3 is 107 Å². The van der Waals surface area contributed by atoms with Crippen LogP contribution in [0.2, 0.25) is 0 Å². The molecule has 8 aromatic rings. The third-order valence-corrected chi connectivity index (χ3v) is 18.4. The van der Waals surface area contributed by atoms with Crippen LogP contribution in [-0.4, -0.2) is 171 Å². The Hall–Kier alpha value is -11.3. The lowest BCUT2D eigenvalue weighted by Crippen LogP contribution is -2.61. The Kier molecular flexibility index (Phi) is 29.8. The van der Waals surface area contributed by atoms with E-state index in [0.29, 0.717) is 67.4 Å². The van der Waals surface area contributed by atoms with Crippen LogP contribution in [0.5, 0.6) is 0 Å². The number of aromatic nitrogens is 4. The van der Waals surface area contributed by atoms with Crippen LogP contribution >= 0.6 is 0 Å². The second-order valence-electron chi connectivity index (χ2n) is 26.9. The normalized spacial score (nSPS) is 14.0. The first kappa shape index (κ1) is 79.4. The molecule has 4 heterocycles. The molecule has 0 aliphatic heterocycles. The maximum absolute atomic E-state index is 15.6. The summed E-state index contributed by atoms with van der Waals surface area (Å²) in [6, 6.07) is 17.2. The molecule has 0 aliphatic rings. The molecule has 27 N–H and O–H groups in total. The van der Waals surface area contributed by atoms with E-state index in [2.05, 4.69) is 73.1 Å². The van der Waals surface area contributed by atoms with Crippen molar-refractivity contribution in [2.75, 3.05) is 26.2 Å². The number of carbonyl (C=O) groups is 9. The zero-order valence-electron chi connectivity index (χ0n) is 59.3. The van der Waals surface area contributed by atoms with Crippen molar-refractivity contribution in [1.29, 1.82) is 10.8 Å². The van der Waals surface area contributed by atoms with Crippen molar-refractivity contribution in [2.24, 2.45) is 34.6 Å². The number of nitrogens with one attached hydrogen (secondary N) is 16. The summed E-state index contributed by atoms with van der Waals surface area (Å²) in [6.45, 7) is 4.66. The number of fused-ring (bicyclic) bond motifs is 4. The highest BCUT2D eigenvalue weighted by molar-refractivity contribution is 6.00. The molecule has 4 aromatic heterocycles. The van der Waals surface area contributed by atoms with Gasteiger partial charge in [-0.25, -0.2) is 4.79 Å². The number of unbranched alkanes of at least 4 members (excludes halogenated alkanes) is 2. The van der Waals surface area contributed by atoms with Crippen LogP contribution in [0.25, 0.3) is 43.6 Å². The Morgan fingerprint density at radius 3 is 0.990 bits per heavy atom. The number of H-pyrrole nitrogens is 4. The summed E-state index contributed by atoms with van der Waals surface area (Å²) < 4.78 is 0. The van der Waals surface area contributed by atoms with E-state index >= 15 is 24.0 Å². The number of aromatic amines is 4. The quantitative estimate of drug-likeness (QED) is 0.0148. The van der Waals surface area contributed by atoms with Gasteiger partial charge in [0.25, 0.3) is 0 Å². The summed E-state index contributed by atoms with van der Waals surface area (Å²) >= 11 is 0. The molecule has 0 unspecified atom stereocenters. The van der Waals surface area contributed by atoms with Crippen molar-refractivity contribution in [3.63, 3.8) is 0 Å². The Labute approximate surface area is 607 Å². The van der Waals surface area contributed by atoms with Crippen molar-refractivity contribution >= 4 is 109 Å². The number of amides is 8. The van der Waals surface area contributed by atoms with Crippen molar-refractivity contribution < 1.29 is 48.3 Å². The number of carbonyl (C=O) groups excluding carboxylic acids is 8. The smallest absolute Gasteiger partial charge is 0.326 e. The first-order valence-corrected chi connectivity index (χ1v) is 35.7. The molecule has 0 fully saturated rings. The van der Waals surface area contributed by atoms with Gasteiger partial charge in [-0.3, -0.25) is 49.2 Å².